The van der Waals surface area contributed by atoms with Crippen molar-refractivity contribution in [3.63, 3.8) is 0 Å². The smallest absolute Gasteiger partial charge is 0.295 e. The molecule has 8 nitrogen and oxygen atoms in total. The average Bonchev–Trinajstić information content (AvgIpc) is 3.21. The first-order valence-electron chi connectivity index (χ1n) is 12.8. The number of Topliss-reactive ketones (excluding diaryl/α,β-unsaturated/α-hetero) is 1. The molecule has 2 fully saturated rings. The summed E-state index contributed by atoms with van der Waals surface area (Å²) in [7, 11) is 0. The number of nitrogens with zero attached hydrogens (tertiary/aromatic N) is 3. The molecule has 1 aromatic heterocycles. The van der Waals surface area contributed by atoms with Gasteiger partial charge in [-0.2, -0.15) is 0 Å². The van der Waals surface area contributed by atoms with Gasteiger partial charge in [-0.25, -0.2) is 0 Å². The van der Waals surface area contributed by atoms with E-state index >= 15 is 0 Å². The van der Waals surface area contributed by atoms with Crippen molar-refractivity contribution in [2.24, 2.45) is 0 Å². The van der Waals surface area contributed by atoms with Gasteiger partial charge in [0.05, 0.1) is 24.8 Å². The zero-order chi connectivity index (χ0) is 26.5. The van der Waals surface area contributed by atoms with Gasteiger partial charge in [-0.05, 0) is 54.4 Å². The Balaban J connectivity index is 1.39. The lowest BCUT2D eigenvalue weighted by molar-refractivity contribution is -0.140. The van der Waals surface area contributed by atoms with Crippen LogP contribution in [0.15, 0.2) is 78.6 Å². The van der Waals surface area contributed by atoms with Gasteiger partial charge in [0.2, 0.25) is 0 Å². The topological polar surface area (TPSA) is 92.2 Å². The van der Waals surface area contributed by atoms with Crippen molar-refractivity contribution in [1.82, 2.24) is 14.8 Å². The van der Waals surface area contributed by atoms with Gasteiger partial charge in [0, 0.05) is 44.1 Å². The predicted molar refractivity (Wildman–Crippen MR) is 142 cm³/mol. The molecule has 2 saturated heterocycles. The summed E-state index contributed by atoms with van der Waals surface area (Å²) >= 11 is 0. The van der Waals surface area contributed by atoms with Gasteiger partial charge < -0.3 is 19.5 Å². The zero-order valence-corrected chi connectivity index (χ0v) is 21.4. The zero-order valence-electron chi connectivity index (χ0n) is 21.4. The molecule has 0 aliphatic carbocycles. The van der Waals surface area contributed by atoms with E-state index in [4.69, 9.17) is 9.47 Å². The molecule has 0 unspecified atom stereocenters. The fraction of sp³-hybridized carbons (Fsp3) is 0.300. The summed E-state index contributed by atoms with van der Waals surface area (Å²) in [5.41, 5.74) is 3.47. The summed E-state index contributed by atoms with van der Waals surface area (Å²) in [6.45, 7) is 6.29. The molecule has 196 valence electrons. The van der Waals surface area contributed by atoms with Crippen molar-refractivity contribution in [3.8, 4) is 5.75 Å². The summed E-state index contributed by atoms with van der Waals surface area (Å²) in [5.74, 6) is -0.866. The molecule has 2 aliphatic heterocycles. The first-order valence-corrected chi connectivity index (χ1v) is 12.8. The van der Waals surface area contributed by atoms with E-state index in [1.165, 1.54) is 0 Å². The highest BCUT2D eigenvalue weighted by Crippen LogP contribution is 2.39. The number of aryl methyl sites for hydroxylation is 1. The van der Waals surface area contributed by atoms with Gasteiger partial charge in [-0.3, -0.25) is 19.5 Å². The number of benzene rings is 2. The number of pyridine rings is 1. The van der Waals surface area contributed by atoms with Crippen LogP contribution in [0.2, 0.25) is 0 Å². The first kappa shape index (κ1) is 25.6. The van der Waals surface area contributed by atoms with Crippen LogP contribution in [0, 0.1) is 6.92 Å². The largest absolute Gasteiger partial charge is 0.507 e. The van der Waals surface area contributed by atoms with Crippen molar-refractivity contribution in [3.05, 3.63) is 101 Å². The molecular formula is C30H31N3O5. The number of ketones is 1. The molecule has 0 radical (unpaired) electrons. The molecule has 1 N–H and O–H groups in total. The van der Waals surface area contributed by atoms with E-state index in [1.54, 1.807) is 53.7 Å². The van der Waals surface area contributed by atoms with E-state index in [9.17, 15) is 14.7 Å². The number of carbonyl (C=O) groups excluding carboxylic acids is 2. The molecule has 1 amide bonds. The Morgan fingerprint density at radius 1 is 1.03 bits per heavy atom. The van der Waals surface area contributed by atoms with E-state index in [1.807, 2.05) is 25.1 Å². The maximum atomic E-state index is 13.2. The van der Waals surface area contributed by atoms with E-state index in [-0.39, 0.29) is 11.3 Å². The molecule has 0 bridgehead atoms. The Labute approximate surface area is 222 Å². The van der Waals surface area contributed by atoms with Gasteiger partial charge in [-0.15, -0.1) is 0 Å². The van der Waals surface area contributed by atoms with Gasteiger partial charge in [0.25, 0.3) is 11.7 Å². The van der Waals surface area contributed by atoms with Crippen molar-refractivity contribution in [1.29, 1.82) is 0 Å². The third-order valence-electron chi connectivity index (χ3n) is 6.94. The molecule has 0 spiro atoms. The van der Waals surface area contributed by atoms with Crippen LogP contribution in [0.25, 0.3) is 5.76 Å². The molecule has 0 saturated carbocycles. The van der Waals surface area contributed by atoms with Crippen LogP contribution >= 0.6 is 0 Å². The van der Waals surface area contributed by atoms with Crippen LogP contribution in [0.1, 0.15) is 28.3 Å². The first-order chi connectivity index (χ1) is 18.5. The average molecular weight is 514 g/mol. The van der Waals surface area contributed by atoms with E-state index < -0.39 is 17.7 Å². The Kier molecular flexibility index (Phi) is 7.81. The summed E-state index contributed by atoms with van der Waals surface area (Å²) in [5, 5.41) is 11.3. The summed E-state index contributed by atoms with van der Waals surface area (Å²) in [6, 6.07) is 17.8. The number of ether oxygens (including phenoxy) is 2. The van der Waals surface area contributed by atoms with Crippen LogP contribution in [0.4, 0.5) is 0 Å². The van der Waals surface area contributed by atoms with Crippen LogP contribution in [0.5, 0.6) is 5.75 Å². The molecule has 38 heavy (non-hydrogen) atoms. The normalized spacial score (nSPS) is 19.6. The number of rotatable bonds is 8. The van der Waals surface area contributed by atoms with Crippen LogP contribution in [-0.4, -0.2) is 71.0 Å². The van der Waals surface area contributed by atoms with Gasteiger partial charge in [0.1, 0.15) is 18.1 Å². The second-order valence-corrected chi connectivity index (χ2v) is 9.53. The van der Waals surface area contributed by atoms with Crippen LogP contribution in [0.3, 0.4) is 0 Å². The number of hydrogen-bond acceptors (Lipinski definition) is 7. The summed E-state index contributed by atoms with van der Waals surface area (Å²) < 4.78 is 11.3. The van der Waals surface area contributed by atoms with Gasteiger partial charge in [0.15, 0.2) is 0 Å². The van der Waals surface area contributed by atoms with Gasteiger partial charge in [-0.1, -0.05) is 29.8 Å². The summed E-state index contributed by atoms with van der Waals surface area (Å²) in [6.07, 6.45) is 3.25. The maximum Gasteiger partial charge on any atom is 0.295 e. The van der Waals surface area contributed by atoms with Crippen molar-refractivity contribution in [2.45, 2.75) is 19.6 Å². The number of aliphatic hydroxyl groups is 1. The van der Waals surface area contributed by atoms with Crippen molar-refractivity contribution >= 4 is 17.4 Å². The minimum Gasteiger partial charge on any atom is -0.507 e. The molecule has 8 heteroatoms. The Bertz CT molecular complexity index is 1320. The lowest BCUT2D eigenvalue weighted by Gasteiger charge is -2.30. The fourth-order valence-corrected chi connectivity index (χ4v) is 4.91. The van der Waals surface area contributed by atoms with E-state index in [0.29, 0.717) is 44.2 Å². The highest BCUT2D eigenvalue weighted by Gasteiger charge is 2.46. The standard InChI is InChI=1S/C30H31N3O5/c1-21-3-2-4-22(19-21)20-38-25-7-5-24(6-8-25)28(34)26-27(23-9-11-31-12-10-23)33(30(36)29(26)35)14-13-32-15-17-37-18-16-32/h2-12,19,27,34H,13-18,20H2,1H3/t27-/m0/s1. The number of morpholine rings is 1. The quantitative estimate of drug-likeness (QED) is 0.279. The second-order valence-electron chi connectivity index (χ2n) is 9.53. The Morgan fingerprint density at radius 2 is 1.76 bits per heavy atom. The predicted octanol–water partition coefficient (Wildman–Crippen LogP) is 3.72. The van der Waals surface area contributed by atoms with Crippen LogP contribution < -0.4 is 4.74 Å². The highest BCUT2D eigenvalue weighted by atomic mass is 16.5. The summed E-state index contributed by atoms with van der Waals surface area (Å²) in [4.78, 5) is 34.2. The second kappa shape index (κ2) is 11.6. The number of aromatic nitrogens is 1. The molecule has 3 heterocycles. The molecular weight excluding hydrogens is 482 g/mol. The molecule has 1 atom stereocenters. The highest BCUT2D eigenvalue weighted by molar-refractivity contribution is 6.46. The minimum absolute atomic E-state index is 0.0802. The lowest BCUT2D eigenvalue weighted by Crippen LogP contribution is -2.42. The molecule has 2 aromatic carbocycles. The molecule has 3 aromatic rings. The number of likely N-dealkylation sites (tertiary alicyclic amines) is 1. The van der Waals surface area contributed by atoms with Crippen molar-refractivity contribution in [2.75, 3.05) is 39.4 Å². The van der Waals surface area contributed by atoms with Crippen LogP contribution in [-0.2, 0) is 20.9 Å². The fourth-order valence-electron chi connectivity index (χ4n) is 4.91. The van der Waals surface area contributed by atoms with Gasteiger partial charge >= 0.3 is 0 Å². The Morgan fingerprint density at radius 3 is 2.47 bits per heavy atom. The number of carbonyl (C=O) groups is 2. The SMILES string of the molecule is Cc1cccc(COc2ccc(C(O)=C3C(=O)C(=O)N(CCN4CCOCC4)[C@H]3c3ccncc3)cc2)c1. The molecule has 2 aliphatic rings. The number of amides is 1. The Hall–Kier alpha value is -4.01. The van der Waals surface area contributed by atoms with E-state index in [2.05, 4.69) is 16.0 Å². The number of hydrogen-bond donors (Lipinski definition) is 1. The van der Waals surface area contributed by atoms with Crippen molar-refractivity contribution < 1.29 is 24.2 Å². The minimum atomic E-state index is -0.698. The molecule has 5 rings (SSSR count). The third-order valence-corrected chi connectivity index (χ3v) is 6.94. The lowest BCUT2D eigenvalue weighted by atomic mass is 9.96. The third kappa shape index (κ3) is 5.61. The number of aliphatic hydroxyl groups excluding tert-OH is 1. The van der Waals surface area contributed by atoms with E-state index in [0.717, 1.165) is 29.8 Å². The monoisotopic (exact) mass is 513 g/mol. The maximum absolute atomic E-state index is 13.2.